The summed E-state index contributed by atoms with van der Waals surface area (Å²) in [6, 6.07) is 5.70. The highest BCUT2D eigenvalue weighted by molar-refractivity contribution is 5.81. The van der Waals surface area contributed by atoms with Gasteiger partial charge in [0.1, 0.15) is 48.8 Å². The minimum absolute atomic E-state index is 0.0717. The second-order valence-corrected chi connectivity index (χ2v) is 24.7. The van der Waals surface area contributed by atoms with Gasteiger partial charge in [0.2, 0.25) is 0 Å². The monoisotopic (exact) mass is 1180 g/mol. The van der Waals surface area contributed by atoms with E-state index in [1.165, 1.54) is 32.7 Å². The Morgan fingerprint density at radius 2 is 1.66 bits per heavy atom. The molecule has 3 fully saturated rings. The van der Waals surface area contributed by atoms with Gasteiger partial charge in [0, 0.05) is 84.4 Å². The zero-order chi connectivity index (χ0) is 61.5. The van der Waals surface area contributed by atoms with Crippen LogP contribution in [-0.2, 0) is 58.7 Å². The third-order valence-corrected chi connectivity index (χ3v) is 18.1. The first kappa shape index (κ1) is 68.0. The highest BCUT2D eigenvalue weighted by Gasteiger charge is 2.53. The van der Waals surface area contributed by atoms with Crippen LogP contribution < -0.4 is 0 Å². The largest absolute Gasteiger partial charge is 0.459 e. The van der Waals surface area contributed by atoms with Crippen LogP contribution in [0.3, 0.4) is 0 Å². The molecular formula is C60H97FN6O16. The van der Waals surface area contributed by atoms with Gasteiger partial charge in [0.25, 0.3) is 5.91 Å². The quantitative estimate of drug-likeness (QED) is 0.131. The maximum atomic E-state index is 15.1. The summed E-state index contributed by atoms with van der Waals surface area (Å²) in [4.78, 5) is 43.7. The molecule has 20 atom stereocenters. The lowest BCUT2D eigenvalue weighted by molar-refractivity contribution is -0.318. The number of cyclic esters (lactones) is 1. The Labute approximate surface area is 489 Å². The third kappa shape index (κ3) is 16.3. The number of aromatic nitrogens is 3. The van der Waals surface area contributed by atoms with Gasteiger partial charge in [-0.25, -0.2) is 9.07 Å². The highest BCUT2D eigenvalue weighted by Crippen LogP contribution is 2.41. The SMILES string of the molecule is CC[C@H]1OC(=O)[C@H](C)[C@@H](OC2C[C@@](C)(OC)[C@@H](O)[C@H](C)O2)[C@H](C)[C@@H](O[C@@H]2O[C@H](C)C[C@H](N(C)CCc3cn([C@H](CF)[C@H](OC)c4ccc(C5=CCN(C(=O)COC(C)=O)CC5)cc4)nn3)[C@H]2O)[C@](C)(O)C[C@@H](C)CN(C)[C@H](C)[C@@H](O)[C@]1(C)O. The maximum absolute atomic E-state index is 15.1. The molecule has 0 aliphatic carbocycles. The summed E-state index contributed by atoms with van der Waals surface area (Å²) in [6.45, 7) is 19.2. The van der Waals surface area contributed by atoms with Crippen molar-refractivity contribution in [1.82, 2.24) is 29.7 Å². The molecule has 4 aliphatic heterocycles. The maximum Gasteiger partial charge on any atom is 0.311 e. The van der Waals surface area contributed by atoms with Gasteiger partial charge in [-0.05, 0) is 111 Å². The zero-order valence-electron chi connectivity index (χ0n) is 51.6. The number of aliphatic hydroxyl groups excluding tert-OH is 3. The van der Waals surface area contributed by atoms with Crippen molar-refractivity contribution in [2.45, 2.75) is 217 Å². The van der Waals surface area contributed by atoms with Crippen molar-refractivity contribution in [3.8, 4) is 0 Å². The van der Waals surface area contributed by atoms with Crippen molar-refractivity contribution >= 4 is 23.4 Å². The lowest BCUT2D eigenvalue weighted by atomic mass is 9.77. The van der Waals surface area contributed by atoms with Crippen LogP contribution in [0.2, 0.25) is 0 Å². The van der Waals surface area contributed by atoms with Gasteiger partial charge in [-0.15, -0.1) is 5.10 Å². The predicted molar refractivity (Wildman–Crippen MR) is 304 cm³/mol. The van der Waals surface area contributed by atoms with Crippen molar-refractivity contribution in [2.75, 3.05) is 67.8 Å². The van der Waals surface area contributed by atoms with Crippen LogP contribution in [0.25, 0.3) is 5.57 Å². The van der Waals surface area contributed by atoms with Crippen molar-refractivity contribution in [3.05, 3.63) is 53.4 Å². The van der Waals surface area contributed by atoms with E-state index in [9.17, 15) is 39.9 Å². The number of nitrogens with zero attached hydrogens (tertiary/aromatic N) is 6. The number of benzene rings is 1. The minimum Gasteiger partial charge on any atom is -0.459 e. The summed E-state index contributed by atoms with van der Waals surface area (Å²) in [6.07, 6.45) is -5.74. The van der Waals surface area contributed by atoms with Gasteiger partial charge in [-0.1, -0.05) is 56.3 Å². The standard InChI is InChI=1S/C60H97FN6O16/c1-16-47-60(11,75)53(71)38(6)65(13)31-34(2)28-58(9,74)55(36(4)51(37(5)56(73)81-47)82-49-29-59(10,77-15)54(72)39(7)80-49)83-57-50(70)45(27-35(3)79-57)64(12)24-23-44-32-67(63-62-44)46(30-61)52(76-14)43-19-17-41(18-20-43)42-21-25-66(26-22-42)48(69)33-78-40(8)68/h17-21,32,34-39,45-47,49-55,57,70-72,74-75H,16,22-31,33H2,1-15H3/t34-,35-,36+,37-,38-,39+,45+,46-,47-,49?,50-,51+,52-,53-,54+,55-,57+,58-,59-,60-/m1/s1. The van der Waals surface area contributed by atoms with Gasteiger partial charge < -0.3 is 78.1 Å². The molecule has 5 heterocycles. The van der Waals surface area contributed by atoms with Crippen molar-refractivity contribution in [2.24, 2.45) is 17.8 Å². The molecule has 1 unspecified atom stereocenters. The van der Waals surface area contributed by atoms with Crippen LogP contribution in [0, 0.1) is 17.8 Å². The van der Waals surface area contributed by atoms with Crippen LogP contribution >= 0.6 is 0 Å². The van der Waals surface area contributed by atoms with Gasteiger partial charge in [-0.3, -0.25) is 14.4 Å². The lowest BCUT2D eigenvalue weighted by Gasteiger charge is -2.49. The third-order valence-electron chi connectivity index (χ3n) is 18.1. The molecule has 83 heavy (non-hydrogen) atoms. The molecule has 1 aromatic carbocycles. The fraction of sp³-hybridized carbons (Fsp3) is 0.783. The first-order chi connectivity index (χ1) is 39.0. The molecule has 6 rings (SSSR count). The first-order valence-corrected chi connectivity index (χ1v) is 29.5. The van der Waals surface area contributed by atoms with E-state index in [0.29, 0.717) is 51.1 Å². The van der Waals surface area contributed by atoms with Crippen LogP contribution in [0.15, 0.2) is 36.5 Å². The van der Waals surface area contributed by atoms with E-state index >= 15 is 4.39 Å². The fourth-order valence-electron chi connectivity index (χ4n) is 12.8. The first-order valence-electron chi connectivity index (χ1n) is 29.5. The number of ether oxygens (including phenoxy) is 8. The smallest absolute Gasteiger partial charge is 0.311 e. The van der Waals surface area contributed by atoms with Crippen molar-refractivity contribution in [3.63, 3.8) is 0 Å². The van der Waals surface area contributed by atoms with Crippen molar-refractivity contribution in [1.29, 1.82) is 0 Å². The molecule has 0 spiro atoms. The number of aliphatic hydroxyl groups is 5. The Hall–Kier alpha value is -4.08. The summed E-state index contributed by atoms with van der Waals surface area (Å²) in [5.41, 5.74) is -1.30. The number of hydrogen-bond donors (Lipinski definition) is 5. The Morgan fingerprint density at radius 1 is 0.976 bits per heavy atom. The number of rotatable bonds is 18. The normalized spacial score (nSPS) is 37.2. The Morgan fingerprint density at radius 3 is 2.27 bits per heavy atom. The molecule has 3 saturated heterocycles. The molecular weight excluding hydrogens is 1080 g/mol. The molecule has 22 nitrogen and oxygen atoms in total. The summed E-state index contributed by atoms with van der Waals surface area (Å²) < 4.78 is 65.7. The number of hydrogen-bond acceptors (Lipinski definition) is 20. The number of esters is 2. The number of likely N-dealkylation sites (N-methyl/N-ethyl adjacent to an activating group) is 2. The predicted octanol–water partition coefficient (Wildman–Crippen LogP) is 4.18. The van der Waals surface area contributed by atoms with Crippen molar-refractivity contribution < 1.29 is 82.2 Å². The number of alkyl halides is 1. The molecule has 5 N–H and O–H groups in total. The van der Waals surface area contributed by atoms with E-state index in [1.54, 1.807) is 59.6 Å². The van der Waals surface area contributed by atoms with Gasteiger partial charge >= 0.3 is 11.9 Å². The summed E-state index contributed by atoms with van der Waals surface area (Å²) in [5.74, 6) is -3.70. The molecule has 4 aliphatic rings. The lowest BCUT2D eigenvalue weighted by Crippen LogP contribution is -2.61. The molecule has 23 heteroatoms. The summed E-state index contributed by atoms with van der Waals surface area (Å²) in [5, 5.41) is 68.8. The highest BCUT2D eigenvalue weighted by atomic mass is 19.1. The van der Waals surface area contributed by atoms with Gasteiger partial charge in [0.15, 0.2) is 19.2 Å². The molecule has 2 aromatic rings. The van der Waals surface area contributed by atoms with E-state index in [-0.39, 0.29) is 37.7 Å². The molecule has 470 valence electrons. The van der Waals surface area contributed by atoms with Crippen LogP contribution in [0.1, 0.15) is 137 Å². The number of amides is 1. The molecule has 0 radical (unpaired) electrons. The van der Waals surface area contributed by atoms with Gasteiger partial charge in [-0.2, -0.15) is 0 Å². The minimum atomic E-state index is -1.87. The molecule has 1 amide bonds. The Balaban J connectivity index is 1.21. The summed E-state index contributed by atoms with van der Waals surface area (Å²) in [7, 11) is 6.70. The summed E-state index contributed by atoms with van der Waals surface area (Å²) >= 11 is 0. The molecule has 0 saturated carbocycles. The van der Waals surface area contributed by atoms with E-state index < -0.39 is 133 Å². The average Bonchev–Trinajstić information content (AvgIpc) is 3.91. The molecule has 0 bridgehead atoms. The number of halogens is 1. The van der Waals surface area contributed by atoms with E-state index in [1.807, 2.05) is 68.1 Å². The van der Waals surface area contributed by atoms with E-state index in [0.717, 1.165) is 16.7 Å². The second-order valence-electron chi connectivity index (χ2n) is 24.7. The Bertz CT molecular complexity index is 2450. The van der Waals surface area contributed by atoms with Gasteiger partial charge in [0.05, 0.1) is 47.2 Å². The topological polar surface area (TPSA) is 267 Å². The second kappa shape index (κ2) is 29.1. The van der Waals surface area contributed by atoms with E-state index in [2.05, 4.69) is 10.3 Å². The van der Waals surface area contributed by atoms with Crippen LogP contribution in [-0.4, -0.2) is 231 Å². The number of carbonyl (C=O) groups is 3. The Kier molecular flexibility index (Phi) is 23.8. The van der Waals surface area contributed by atoms with Crippen LogP contribution in [0.5, 0.6) is 0 Å². The average molecular weight is 1180 g/mol. The zero-order valence-corrected chi connectivity index (χ0v) is 51.6. The fourth-order valence-corrected chi connectivity index (χ4v) is 12.8. The number of methoxy groups -OCH3 is 2. The number of carbonyl (C=O) groups excluding carboxylic acids is 3. The van der Waals surface area contributed by atoms with E-state index in [4.69, 9.17) is 37.9 Å². The van der Waals surface area contributed by atoms with Crippen LogP contribution in [0.4, 0.5) is 4.39 Å². The molecule has 1 aromatic heterocycles.